The molecule has 0 radical (unpaired) electrons. The molecule has 0 saturated carbocycles. The van der Waals surface area contributed by atoms with E-state index in [1.165, 1.54) is 12.1 Å². The summed E-state index contributed by atoms with van der Waals surface area (Å²) in [5.41, 5.74) is 2.14. The maximum Gasteiger partial charge on any atom is 0.261 e. The molecule has 118 valence electrons. The Kier molecular flexibility index (Phi) is 3.87. The zero-order valence-corrected chi connectivity index (χ0v) is 13.1. The molecule has 0 saturated heterocycles. The molecule has 0 aliphatic rings. The molecule has 0 unspecified atom stereocenters. The standard InChI is InChI=1S/C16H14FN3O2S/c1-12-10-11-20(18-12)15-6-4-14(5-7-15)19-23(21,22)16-8-2-13(17)3-9-16/h2-11,19H,1H3. The SMILES string of the molecule is Cc1ccn(-c2ccc(NS(=O)(=O)c3ccc(F)cc3)cc2)n1. The van der Waals surface area contributed by atoms with Crippen LogP contribution in [0.4, 0.5) is 10.1 Å². The lowest BCUT2D eigenvalue weighted by molar-refractivity contribution is 0.599. The van der Waals surface area contributed by atoms with Crippen molar-refractivity contribution in [3.8, 4) is 5.69 Å². The molecule has 0 amide bonds. The van der Waals surface area contributed by atoms with Crippen LogP contribution in [0.1, 0.15) is 5.69 Å². The molecule has 1 heterocycles. The molecule has 3 rings (SSSR count). The van der Waals surface area contributed by atoms with Crippen molar-refractivity contribution in [3.05, 3.63) is 72.3 Å². The van der Waals surface area contributed by atoms with E-state index in [9.17, 15) is 12.8 Å². The highest BCUT2D eigenvalue weighted by Crippen LogP contribution is 2.18. The number of aromatic nitrogens is 2. The molecule has 0 aliphatic carbocycles. The molecular weight excluding hydrogens is 317 g/mol. The van der Waals surface area contributed by atoms with Crippen LogP contribution < -0.4 is 4.72 Å². The average molecular weight is 331 g/mol. The normalized spacial score (nSPS) is 11.4. The minimum atomic E-state index is -3.74. The lowest BCUT2D eigenvalue weighted by atomic mass is 10.3. The minimum Gasteiger partial charge on any atom is -0.280 e. The molecule has 7 heteroatoms. The van der Waals surface area contributed by atoms with E-state index in [1.54, 1.807) is 28.9 Å². The number of aryl methyl sites for hydroxylation is 1. The zero-order valence-electron chi connectivity index (χ0n) is 12.3. The van der Waals surface area contributed by atoms with Crippen LogP contribution in [0.5, 0.6) is 0 Å². The third-order valence-corrected chi connectivity index (χ3v) is 4.63. The second-order valence-electron chi connectivity index (χ2n) is 5.01. The molecule has 0 aliphatic heterocycles. The highest BCUT2D eigenvalue weighted by atomic mass is 32.2. The van der Waals surface area contributed by atoms with E-state index in [4.69, 9.17) is 0 Å². The van der Waals surface area contributed by atoms with Crippen LogP contribution in [0.3, 0.4) is 0 Å². The molecule has 5 nitrogen and oxygen atoms in total. The summed E-state index contributed by atoms with van der Waals surface area (Å²) in [6.07, 6.45) is 1.83. The van der Waals surface area contributed by atoms with Crippen molar-refractivity contribution in [1.82, 2.24) is 9.78 Å². The first-order valence-electron chi connectivity index (χ1n) is 6.85. The number of rotatable bonds is 4. The first-order chi connectivity index (χ1) is 10.9. The maximum atomic E-state index is 12.9. The van der Waals surface area contributed by atoms with Gasteiger partial charge in [0.05, 0.1) is 16.3 Å². The molecule has 23 heavy (non-hydrogen) atoms. The topological polar surface area (TPSA) is 64.0 Å². The van der Waals surface area contributed by atoms with E-state index < -0.39 is 15.8 Å². The van der Waals surface area contributed by atoms with E-state index >= 15 is 0 Å². The van der Waals surface area contributed by atoms with Crippen molar-refractivity contribution in [1.29, 1.82) is 0 Å². The highest BCUT2D eigenvalue weighted by molar-refractivity contribution is 7.92. The predicted octanol–water partition coefficient (Wildman–Crippen LogP) is 3.12. The first-order valence-corrected chi connectivity index (χ1v) is 8.33. The Morgan fingerprint density at radius 2 is 1.65 bits per heavy atom. The average Bonchev–Trinajstić information content (AvgIpc) is 2.95. The number of hydrogen-bond donors (Lipinski definition) is 1. The molecule has 2 aromatic carbocycles. The van der Waals surface area contributed by atoms with Gasteiger partial charge in [0, 0.05) is 11.9 Å². The third-order valence-electron chi connectivity index (χ3n) is 3.23. The Bertz CT molecular complexity index is 917. The largest absolute Gasteiger partial charge is 0.280 e. The van der Waals surface area contributed by atoms with Crippen LogP contribution in [0, 0.1) is 12.7 Å². The Morgan fingerprint density at radius 1 is 1.00 bits per heavy atom. The zero-order chi connectivity index (χ0) is 16.4. The van der Waals surface area contributed by atoms with Crippen LogP contribution in [0.15, 0.2) is 65.7 Å². The first kappa shape index (κ1) is 15.2. The molecule has 3 aromatic rings. The Morgan fingerprint density at radius 3 is 2.22 bits per heavy atom. The van der Waals surface area contributed by atoms with Gasteiger partial charge in [-0.1, -0.05) is 0 Å². The van der Waals surface area contributed by atoms with Gasteiger partial charge in [-0.25, -0.2) is 17.5 Å². The van der Waals surface area contributed by atoms with Crippen LogP contribution in [0.25, 0.3) is 5.69 Å². The maximum absolute atomic E-state index is 12.9. The lowest BCUT2D eigenvalue weighted by Crippen LogP contribution is -2.12. The number of anilines is 1. The second kappa shape index (κ2) is 5.85. The van der Waals surface area contributed by atoms with E-state index in [-0.39, 0.29) is 4.90 Å². The summed E-state index contributed by atoms with van der Waals surface area (Å²) in [5, 5.41) is 4.28. The summed E-state index contributed by atoms with van der Waals surface area (Å²) in [5.74, 6) is -0.484. The molecule has 0 fully saturated rings. The number of benzene rings is 2. The van der Waals surface area contributed by atoms with Crippen molar-refractivity contribution in [3.63, 3.8) is 0 Å². The summed E-state index contributed by atoms with van der Waals surface area (Å²) in [6, 6.07) is 13.3. The van der Waals surface area contributed by atoms with Crippen LogP contribution in [-0.2, 0) is 10.0 Å². The number of nitrogens with one attached hydrogen (secondary N) is 1. The van der Waals surface area contributed by atoms with E-state index in [0.29, 0.717) is 5.69 Å². The van der Waals surface area contributed by atoms with Crippen molar-refractivity contribution >= 4 is 15.7 Å². The smallest absolute Gasteiger partial charge is 0.261 e. The fraction of sp³-hybridized carbons (Fsp3) is 0.0625. The van der Waals surface area contributed by atoms with Crippen LogP contribution >= 0.6 is 0 Å². The highest BCUT2D eigenvalue weighted by Gasteiger charge is 2.14. The van der Waals surface area contributed by atoms with Gasteiger partial charge in [-0.05, 0) is 61.5 Å². The van der Waals surface area contributed by atoms with Gasteiger partial charge in [0.25, 0.3) is 10.0 Å². The molecular formula is C16H14FN3O2S. The van der Waals surface area contributed by atoms with Gasteiger partial charge in [-0.3, -0.25) is 4.72 Å². The number of sulfonamides is 1. The molecule has 1 N–H and O–H groups in total. The van der Waals surface area contributed by atoms with Gasteiger partial charge in [-0.15, -0.1) is 0 Å². The number of halogens is 1. The summed E-state index contributed by atoms with van der Waals surface area (Å²) in [4.78, 5) is 0.00526. The van der Waals surface area contributed by atoms with Gasteiger partial charge >= 0.3 is 0 Å². The van der Waals surface area contributed by atoms with Gasteiger partial charge in [0.1, 0.15) is 5.82 Å². The van der Waals surface area contributed by atoms with Crippen molar-refractivity contribution in [2.24, 2.45) is 0 Å². The summed E-state index contributed by atoms with van der Waals surface area (Å²) in [7, 11) is -3.74. The molecule has 0 spiro atoms. The number of nitrogens with zero attached hydrogens (tertiary/aromatic N) is 2. The van der Waals surface area contributed by atoms with E-state index in [0.717, 1.165) is 23.5 Å². The van der Waals surface area contributed by atoms with E-state index in [2.05, 4.69) is 9.82 Å². The Hall–Kier alpha value is -2.67. The van der Waals surface area contributed by atoms with E-state index in [1.807, 2.05) is 19.2 Å². The van der Waals surface area contributed by atoms with Gasteiger partial charge in [0.2, 0.25) is 0 Å². The molecule has 0 bridgehead atoms. The summed E-state index contributed by atoms with van der Waals surface area (Å²) in [6.45, 7) is 1.89. The lowest BCUT2D eigenvalue weighted by Gasteiger charge is -2.09. The van der Waals surface area contributed by atoms with Gasteiger partial charge < -0.3 is 0 Å². The fourth-order valence-corrected chi connectivity index (χ4v) is 3.13. The van der Waals surface area contributed by atoms with Gasteiger partial charge in [0.15, 0.2) is 0 Å². The number of hydrogen-bond acceptors (Lipinski definition) is 3. The summed E-state index contributed by atoms with van der Waals surface area (Å²) >= 11 is 0. The Balaban J connectivity index is 1.81. The summed E-state index contributed by atoms with van der Waals surface area (Å²) < 4.78 is 41.5. The fourth-order valence-electron chi connectivity index (χ4n) is 2.07. The van der Waals surface area contributed by atoms with Crippen molar-refractivity contribution in [2.75, 3.05) is 4.72 Å². The van der Waals surface area contributed by atoms with Crippen LogP contribution in [-0.4, -0.2) is 18.2 Å². The molecule has 0 atom stereocenters. The second-order valence-corrected chi connectivity index (χ2v) is 6.69. The van der Waals surface area contributed by atoms with Crippen molar-refractivity contribution < 1.29 is 12.8 Å². The quantitative estimate of drug-likeness (QED) is 0.799. The Labute approximate surface area is 133 Å². The molecule has 1 aromatic heterocycles. The minimum absolute atomic E-state index is 0.00526. The van der Waals surface area contributed by atoms with Gasteiger partial charge in [-0.2, -0.15) is 5.10 Å². The van der Waals surface area contributed by atoms with Crippen LogP contribution in [0.2, 0.25) is 0 Å². The monoisotopic (exact) mass is 331 g/mol. The third kappa shape index (κ3) is 3.40. The van der Waals surface area contributed by atoms with Crippen molar-refractivity contribution in [2.45, 2.75) is 11.8 Å². The predicted molar refractivity (Wildman–Crippen MR) is 85.5 cm³/mol.